The van der Waals surface area contributed by atoms with E-state index in [0.717, 1.165) is 17.2 Å². The largest absolute Gasteiger partial charge is 0.464 e. The Bertz CT molecular complexity index is 1220. The lowest BCUT2D eigenvalue weighted by atomic mass is 10.1. The van der Waals surface area contributed by atoms with Gasteiger partial charge in [0.1, 0.15) is 12.2 Å². The van der Waals surface area contributed by atoms with Crippen LogP contribution in [0.1, 0.15) is 41.2 Å². The number of aryl methyl sites for hydroxylation is 1. The average molecular weight is 479 g/mol. The normalized spacial score (nSPS) is 12.5. The molecule has 2 N–H and O–H groups in total. The van der Waals surface area contributed by atoms with Gasteiger partial charge in [-0.3, -0.25) is 9.36 Å². The van der Waals surface area contributed by atoms with Crippen LogP contribution in [-0.4, -0.2) is 37.5 Å². The molecule has 1 atom stereocenters. The summed E-state index contributed by atoms with van der Waals surface area (Å²) in [6.45, 7) is 4.54. The smallest absolute Gasteiger partial charge is 0.425 e. The van der Waals surface area contributed by atoms with Gasteiger partial charge in [-0.2, -0.15) is 22.8 Å². The van der Waals surface area contributed by atoms with Crippen molar-refractivity contribution >= 4 is 5.91 Å². The summed E-state index contributed by atoms with van der Waals surface area (Å²) in [6.07, 6.45) is -6.97. The molecule has 0 saturated carbocycles. The minimum atomic E-state index is -4.70. The summed E-state index contributed by atoms with van der Waals surface area (Å²) in [7, 11) is 0. The van der Waals surface area contributed by atoms with Crippen molar-refractivity contribution in [1.29, 1.82) is 0 Å². The van der Waals surface area contributed by atoms with E-state index in [0.29, 0.717) is 12.4 Å². The Morgan fingerprint density at radius 2 is 1.88 bits per heavy atom. The minimum Gasteiger partial charge on any atom is -0.464 e. The number of rotatable bonds is 9. The molecule has 0 fully saturated rings. The number of benzene rings is 1. The minimum absolute atomic E-state index is 0.0117. The van der Waals surface area contributed by atoms with Crippen LogP contribution in [-0.2, 0) is 24.5 Å². The van der Waals surface area contributed by atoms with Crippen LogP contribution in [0.4, 0.5) is 13.2 Å². The van der Waals surface area contributed by atoms with E-state index in [4.69, 9.17) is 15.2 Å². The number of ether oxygens (including phenoxy) is 2. The molecule has 3 rings (SSSR count). The highest BCUT2D eigenvalue weighted by atomic mass is 19.4. The van der Waals surface area contributed by atoms with Gasteiger partial charge in [-0.15, -0.1) is 5.10 Å². The van der Waals surface area contributed by atoms with Crippen LogP contribution in [0.2, 0.25) is 0 Å². The van der Waals surface area contributed by atoms with E-state index in [-0.39, 0.29) is 30.1 Å². The zero-order valence-electron chi connectivity index (χ0n) is 18.8. The second-order valence-electron chi connectivity index (χ2n) is 7.48. The van der Waals surface area contributed by atoms with Crippen LogP contribution in [0.15, 0.2) is 41.2 Å². The number of carbonyl (C=O) groups is 1. The van der Waals surface area contributed by atoms with Gasteiger partial charge in [-0.05, 0) is 38.0 Å². The summed E-state index contributed by atoms with van der Waals surface area (Å²) in [5, 5.41) is 4.25. The molecule has 182 valence electrons. The van der Waals surface area contributed by atoms with E-state index in [1.165, 1.54) is 17.6 Å². The first-order valence-corrected chi connectivity index (χ1v) is 10.4. The number of amides is 1. The monoisotopic (exact) mass is 479 g/mol. The first-order valence-electron chi connectivity index (χ1n) is 10.4. The molecule has 1 amide bonds. The molecule has 0 aliphatic carbocycles. The molecule has 3 aromatic rings. The van der Waals surface area contributed by atoms with Gasteiger partial charge in [0.25, 0.3) is 5.91 Å². The fraction of sp³-hybridized carbons (Fsp3) is 0.364. The lowest BCUT2D eigenvalue weighted by molar-refractivity contribution is -0.190. The van der Waals surface area contributed by atoms with Gasteiger partial charge in [-0.1, -0.05) is 30.3 Å². The van der Waals surface area contributed by atoms with Crippen LogP contribution >= 0.6 is 0 Å². The third-order valence-electron chi connectivity index (χ3n) is 4.98. The van der Waals surface area contributed by atoms with Crippen molar-refractivity contribution in [3.63, 3.8) is 0 Å². The number of primary amides is 1. The molecule has 0 radical (unpaired) electrons. The first-order chi connectivity index (χ1) is 16.0. The fourth-order valence-electron chi connectivity index (χ4n) is 3.20. The Morgan fingerprint density at radius 3 is 2.47 bits per heavy atom. The quantitative estimate of drug-likeness (QED) is 0.505. The average Bonchev–Trinajstić information content (AvgIpc) is 3.08. The number of halogens is 3. The van der Waals surface area contributed by atoms with Crippen molar-refractivity contribution in [2.24, 2.45) is 5.73 Å². The van der Waals surface area contributed by atoms with E-state index < -0.39 is 29.8 Å². The van der Waals surface area contributed by atoms with E-state index >= 15 is 0 Å². The Balaban J connectivity index is 1.97. The Morgan fingerprint density at radius 1 is 1.21 bits per heavy atom. The number of hydrogen-bond acceptors (Lipinski definition) is 6. The second-order valence-corrected chi connectivity index (χ2v) is 7.48. The molecular formula is C22H24F3N5O4. The van der Waals surface area contributed by atoms with Crippen molar-refractivity contribution in [2.45, 2.75) is 52.8 Å². The fourth-order valence-corrected chi connectivity index (χ4v) is 3.20. The molecular weight excluding hydrogens is 455 g/mol. The number of alkyl halides is 3. The molecule has 0 bridgehead atoms. The predicted octanol–water partition coefficient (Wildman–Crippen LogP) is 2.90. The highest BCUT2D eigenvalue weighted by Gasteiger charge is 2.39. The number of pyridine rings is 1. The Kier molecular flexibility index (Phi) is 7.40. The molecule has 1 unspecified atom stereocenters. The van der Waals surface area contributed by atoms with Gasteiger partial charge in [0.05, 0.1) is 6.61 Å². The van der Waals surface area contributed by atoms with Crippen LogP contribution < -0.4 is 16.2 Å². The topological polar surface area (TPSA) is 114 Å². The van der Waals surface area contributed by atoms with Gasteiger partial charge >= 0.3 is 11.9 Å². The van der Waals surface area contributed by atoms with E-state index in [1.54, 1.807) is 6.92 Å². The summed E-state index contributed by atoms with van der Waals surface area (Å²) < 4.78 is 52.0. The number of carbonyl (C=O) groups excluding carboxylic acids is 1. The molecule has 34 heavy (non-hydrogen) atoms. The molecule has 0 saturated heterocycles. The molecule has 12 heteroatoms. The van der Waals surface area contributed by atoms with Gasteiger partial charge < -0.3 is 15.2 Å². The van der Waals surface area contributed by atoms with Crippen molar-refractivity contribution in [3.05, 3.63) is 69.4 Å². The van der Waals surface area contributed by atoms with Gasteiger partial charge in [-0.25, -0.2) is 4.79 Å². The molecule has 2 heterocycles. The third-order valence-corrected chi connectivity index (χ3v) is 4.98. The number of hydrogen-bond donors (Lipinski definition) is 1. The molecule has 1 aromatic carbocycles. The van der Waals surface area contributed by atoms with Crippen molar-refractivity contribution in [1.82, 2.24) is 19.3 Å². The first kappa shape index (κ1) is 25.0. The summed E-state index contributed by atoms with van der Waals surface area (Å²) in [5.41, 5.74) is 5.56. The molecule has 0 aliphatic rings. The maximum absolute atomic E-state index is 13.0. The van der Waals surface area contributed by atoms with Gasteiger partial charge in [0.15, 0.2) is 17.7 Å². The predicted molar refractivity (Wildman–Crippen MR) is 116 cm³/mol. The number of aromatic nitrogens is 4. The summed E-state index contributed by atoms with van der Waals surface area (Å²) in [5.74, 6) is -1.46. The SMILES string of the molecule is CCn1c(COCc2ccccc2)nn(-c2cc(C)c(C(N)=O)c(OC(C)C(F)(F)F)n2)c1=O. The van der Waals surface area contributed by atoms with Crippen LogP contribution in [0, 0.1) is 6.92 Å². The molecule has 9 nitrogen and oxygen atoms in total. The van der Waals surface area contributed by atoms with Gasteiger partial charge in [0, 0.05) is 6.54 Å². The van der Waals surface area contributed by atoms with Crippen molar-refractivity contribution in [3.8, 4) is 11.7 Å². The lowest BCUT2D eigenvalue weighted by Crippen LogP contribution is -2.33. The Labute approximate surface area is 192 Å². The van der Waals surface area contributed by atoms with E-state index in [9.17, 15) is 22.8 Å². The molecule has 2 aromatic heterocycles. The van der Waals surface area contributed by atoms with Crippen molar-refractivity contribution in [2.75, 3.05) is 0 Å². The zero-order valence-corrected chi connectivity index (χ0v) is 18.8. The van der Waals surface area contributed by atoms with Gasteiger partial charge in [0.2, 0.25) is 5.88 Å². The van der Waals surface area contributed by atoms with Crippen LogP contribution in [0.3, 0.4) is 0 Å². The summed E-state index contributed by atoms with van der Waals surface area (Å²) in [6, 6.07) is 10.7. The summed E-state index contributed by atoms with van der Waals surface area (Å²) in [4.78, 5) is 28.8. The third kappa shape index (κ3) is 5.45. The van der Waals surface area contributed by atoms with Crippen molar-refractivity contribution < 1.29 is 27.4 Å². The lowest BCUT2D eigenvalue weighted by Gasteiger charge is -2.19. The maximum atomic E-state index is 13.0. The number of nitrogens with two attached hydrogens (primary N) is 1. The molecule has 0 aliphatic heterocycles. The van der Waals surface area contributed by atoms with Crippen LogP contribution in [0.25, 0.3) is 5.82 Å². The van der Waals surface area contributed by atoms with Crippen LogP contribution in [0.5, 0.6) is 5.88 Å². The maximum Gasteiger partial charge on any atom is 0.425 e. The standard InChI is InChI=1S/C22H24F3N5O4/c1-4-29-17(12-33-11-15-8-6-5-7-9-15)28-30(21(29)32)16-10-13(2)18(19(26)31)20(27-16)34-14(3)22(23,24)25/h5-10,14H,4,11-12H2,1-3H3,(H2,26,31). The highest BCUT2D eigenvalue weighted by Crippen LogP contribution is 2.28. The Hall–Kier alpha value is -3.67. The zero-order chi connectivity index (χ0) is 25.0. The molecule has 0 spiro atoms. The second kappa shape index (κ2) is 10.1. The highest BCUT2D eigenvalue weighted by molar-refractivity contribution is 5.96. The van der Waals surface area contributed by atoms with E-state index in [1.807, 2.05) is 30.3 Å². The van der Waals surface area contributed by atoms with E-state index in [2.05, 4.69) is 10.1 Å². The number of nitrogens with zero attached hydrogens (tertiary/aromatic N) is 4. The summed E-state index contributed by atoms with van der Waals surface area (Å²) >= 11 is 0.